The quantitative estimate of drug-likeness (QED) is 0.740. The Bertz CT molecular complexity index is 1080. The molecule has 0 spiro atoms. The molecule has 5 nitrogen and oxygen atoms in total. The Balaban J connectivity index is 0.00000256. The molecule has 30 heavy (non-hydrogen) atoms. The molecule has 2 aromatic rings. The maximum absolute atomic E-state index is 13.3. The summed E-state index contributed by atoms with van der Waals surface area (Å²) in [5, 5.41) is 21.6. The Kier molecular flexibility index (Phi) is 6.14. The van der Waals surface area contributed by atoms with Crippen LogP contribution in [0.3, 0.4) is 0 Å². The Morgan fingerprint density at radius 1 is 1.10 bits per heavy atom. The molecule has 0 amide bonds. The molecule has 1 aliphatic heterocycles. The summed E-state index contributed by atoms with van der Waals surface area (Å²) in [6.45, 7) is 4.14. The number of Topliss-reactive ketones (excluding diaryl/α,β-unsaturated/α-hetero) is 1. The van der Waals surface area contributed by atoms with E-state index in [1.165, 1.54) is 12.1 Å². The van der Waals surface area contributed by atoms with Crippen molar-refractivity contribution in [2.24, 2.45) is 11.1 Å². The number of benzene rings is 2. The standard InChI is InChI=1S/C24H23N3O2.Na/c1-24(2)12-19-22(20(29)13-24)21(15-8-10-17(28)11-9-15)18(14-25)23(26)27(19)16-6-4-3-5-7-16;/h3-11,21,28H,12-13,26H2,1-2H3;/q;+1/p-1. The van der Waals surface area contributed by atoms with Crippen molar-refractivity contribution in [1.82, 2.24) is 0 Å². The average Bonchev–Trinajstić information content (AvgIpc) is 2.67. The number of carbonyl (C=O) groups excluding carboxylic acids is 1. The van der Waals surface area contributed by atoms with Crippen LogP contribution in [-0.4, -0.2) is 5.78 Å². The van der Waals surface area contributed by atoms with Gasteiger partial charge >= 0.3 is 29.6 Å². The summed E-state index contributed by atoms with van der Waals surface area (Å²) in [4.78, 5) is 15.2. The third kappa shape index (κ3) is 3.79. The van der Waals surface area contributed by atoms with Crippen molar-refractivity contribution in [3.8, 4) is 11.8 Å². The predicted octanol–water partition coefficient (Wildman–Crippen LogP) is 0.705. The van der Waals surface area contributed by atoms with Gasteiger partial charge < -0.3 is 10.8 Å². The van der Waals surface area contributed by atoms with E-state index in [1.54, 1.807) is 12.1 Å². The summed E-state index contributed by atoms with van der Waals surface area (Å²) in [5.41, 5.74) is 9.67. The van der Waals surface area contributed by atoms with E-state index in [4.69, 9.17) is 5.73 Å². The summed E-state index contributed by atoms with van der Waals surface area (Å²) in [7, 11) is 0. The molecule has 1 atom stereocenters. The third-order valence-corrected chi connectivity index (χ3v) is 5.61. The van der Waals surface area contributed by atoms with Gasteiger partial charge in [0.2, 0.25) is 0 Å². The van der Waals surface area contributed by atoms with E-state index in [0.717, 1.165) is 16.9 Å². The van der Waals surface area contributed by atoms with Gasteiger partial charge in [-0.1, -0.05) is 56.3 Å². The molecule has 146 valence electrons. The number of nitriles is 1. The number of anilines is 1. The van der Waals surface area contributed by atoms with Gasteiger partial charge in [0.15, 0.2) is 5.78 Å². The van der Waals surface area contributed by atoms with Crippen LogP contribution >= 0.6 is 0 Å². The van der Waals surface area contributed by atoms with Crippen LogP contribution in [0.25, 0.3) is 0 Å². The van der Waals surface area contributed by atoms with Gasteiger partial charge in [-0.05, 0) is 29.5 Å². The van der Waals surface area contributed by atoms with Gasteiger partial charge in [-0.25, -0.2) is 0 Å². The van der Waals surface area contributed by atoms with Crippen molar-refractivity contribution in [3.63, 3.8) is 0 Å². The van der Waals surface area contributed by atoms with E-state index in [0.29, 0.717) is 29.8 Å². The zero-order valence-electron chi connectivity index (χ0n) is 17.5. The summed E-state index contributed by atoms with van der Waals surface area (Å²) >= 11 is 0. The van der Waals surface area contributed by atoms with Crippen LogP contribution in [0.5, 0.6) is 5.75 Å². The number of para-hydroxylation sites is 1. The fourth-order valence-corrected chi connectivity index (χ4v) is 4.37. The van der Waals surface area contributed by atoms with Crippen molar-refractivity contribution < 1.29 is 39.5 Å². The smallest absolute Gasteiger partial charge is 0.872 e. The number of ketones is 1. The molecule has 1 heterocycles. The number of hydrogen-bond acceptors (Lipinski definition) is 5. The molecule has 0 saturated heterocycles. The van der Waals surface area contributed by atoms with Crippen LogP contribution in [0.15, 0.2) is 77.3 Å². The molecular formula is C24H22N3NaO2. The first-order valence-corrected chi connectivity index (χ1v) is 9.60. The number of rotatable bonds is 2. The monoisotopic (exact) mass is 407 g/mol. The van der Waals surface area contributed by atoms with Crippen LogP contribution in [0, 0.1) is 16.7 Å². The SMILES string of the molecule is CC1(C)CC(=O)C2=C(C1)N(c1ccccc1)C(N)=C(C#N)C2c1ccc([O-])cc1.[Na+]. The minimum Gasteiger partial charge on any atom is -0.872 e. The van der Waals surface area contributed by atoms with Gasteiger partial charge in [0.25, 0.3) is 0 Å². The molecule has 1 aliphatic carbocycles. The summed E-state index contributed by atoms with van der Waals surface area (Å²) in [6, 6.07) is 18.1. The van der Waals surface area contributed by atoms with E-state index in [9.17, 15) is 15.2 Å². The number of hydrogen-bond donors (Lipinski definition) is 1. The first kappa shape index (κ1) is 22.2. The second-order valence-electron chi connectivity index (χ2n) is 8.39. The van der Waals surface area contributed by atoms with Crippen LogP contribution in [0.2, 0.25) is 0 Å². The molecule has 2 N–H and O–H groups in total. The first-order chi connectivity index (χ1) is 13.8. The molecule has 0 bridgehead atoms. The molecule has 0 aromatic heterocycles. The third-order valence-electron chi connectivity index (χ3n) is 5.61. The molecule has 0 fully saturated rings. The van der Waals surface area contributed by atoms with Gasteiger partial charge in [0, 0.05) is 23.4 Å². The van der Waals surface area contributed by atoms with Crippen molar-refractivity contribution in [3.05, 3.63) is 82.8 Å². The van der Waals surface area contributed by atoms with Gasteiger partial charge in [0.1, 0.15) is 5.82 Å². The van der Waals surface area contributed by atoms with Crippen molar-refractivity contribution in [2.75, 3.05) is 4.90 Å². The van der Waals surface area contributed by atoms with Crippen LogP contribution in [0.1, 0.15) is 38.2 Å². The first-order valence-electron chi connectivity index (χ1n) is 9.60. The maximum Gasteiger partial charge on any atom is 1.00 e. The largest absolute Gasteiger partial charge is 1.00 e. The van der Waals surface area contributed by atoms with Crippen molar-refractivity contribution >= 4 is 11.5 Å². The molecular weight excluding hydrogens is 385 g/mol. The predicted molar refractivity (Wildman–Crippen MR) is 109 cm³/mol. The Morgan fingerprint density at radius 3 is 2.33 bits per heavy atom. The van der Waals surface area contributed by atoms with Crippen LogP contribution in [0.4, 0.5) is 5.69 Å². The number of nitrogens with zero attached hydrogens (tertiary/aromatic N) is 2. The molecule has 2 aliphatic rings. The van der Waals surface area contributed by atoms with Gasteiger partial charge in [-0.3, -0.25) is 9.69 Å². The molecule has 0 radical (unpaired) electrons. The fraction of sp³-hybridized carbons (Fsp3) is 0.250. The summed E-state index contributed by atoms with van der Waals surface area (Å²) in [5.74, 6) is -0.316. The van der Waals surface area contributed by atoms with E-state index < -0.39 is 5.92 Å². The number of allylic oxidation sites excluding steroid dienone is 3. The van der Waals surface area contributed by atoms with E-state index in [2.05, 4.69) is 19.9 Å². The number of nitrogens with two attached hydrogens (primary N) is 1. The molecule has 0 saturated carbocycles. The van der Waals surface area contributed by atoms with E-state index >= 15 is 0 Å². The molecule has 2 aromatic carbocycles. The number of carbonyl (C=O) groups is 1. The second-order valence-corrected chi connectivity index (χ2v) is 8.39. The fourth-order valence-electron chi connectivity index (χ4n) is 4.37. The zero-order chi connectivity index (χ0) is 20.8. The molecule has 1 unspecified atom stereocenters. The Hall–Kier alpha value is -2.52. The summed E-state index contributed by atoms with van der Waals surface area (Å²) in [6.07, 6.45) is 1.07. The van der Waals surface area contributed by atoms with Crippen molar-refractivity contribution in [2.45, 2.75) is 32.6 Å². The second kappa shape index (κ2) is 8.31. The Labute approximate surface area is 198 Å². The molecule has 4 rings (SSSR count). The van der Waals surface area contributed by atoms with Gasteiger partial charge in [-0.2, -0.15) is 5.26 Å². The van der Waals surface area contributed by atoms with Crippen LogP contribution in [-0.2, 0) is 4.79 Å². The Morgan fingerprint density at radius 2 is 1.73 bits per heavy atom. The topological polar surface area (TPSA) is 93.2 Å². The normalized spacial score (nSPS) is 20.4. The minimum absolute atomic E-state index is 0. The van der Waals surface area contributed by atoms with Gasteiger partial charge in [-0.15, -0.1) is 5.75 Å². The maximum atomic E-state index is 13.3. The van der Waals surface area contributed by atoms with E-state index in [1.807, 2.05) is 35.2 Å². The molecule has 6 heteroatoms. The average molecular weight is 407 g/mol. The van der Waals surface area contributed by atoms with Gasteiger partial charge in [0.05, 0.1) is 17.6 Å². The summed E-state index contributed by atoms with van der Waals surface area (Å²) < 4.78 is 0. The van der Waals surface area contributed by atoms with E-state index in [-0.39, 0.29) is 46.5 Å². The zero-order valence-corrected chi connectivity index (χ0v) is 19.5. The van der Waals surface area contributed by atoms with Crippen molar-refractivity contribution in [1.29, 1.82) is 5.26 Å². The van der Waals surface area contributed by atoms with Crippen LogP contribution < -0.4 is 45.3 Å². The minimum atomic E-state index is -0.556.